The Balaban J connectivity index is 1.76. The lowest BCUT2D eigenvalue weighted by Gasteiger charge is -2.29. The Morgan fingerprint density at radius 3 is 2.87 bits per heavy atom. The Morgan fingerprint density at radius 2 is 2.04 bits per heavy atom. The van der Waals surface area contributed by atoms with Gasteiger partial charge >= 0.3 is 0 Å². The first-order chi connectivity index (χ1) is 11.2. The molecule has 0 unspecified atom stereocenters. The predicted molar refractivity (Wildman–Crippen MR) is 90.1 cm³/mol. The fourth-order valence-electron chi connectivity index (χ4n) is 3.57. The second-order valence-electron chi connectivity index (χ2n) is 5.97. The Morgan fingerprint density at radius 1 is 1.22 bits per heavy atom. The lowest BCUT2D eigenvalue weighted by molar-refractivity contribution is 0.0963. The van der Waals surface area contributed by atoms with Crippen molar-refractivity contribution in [3.05, 3.63) is 45.3 Å². The monoisotopic (exact) mass is 373 g/mol. The first-order valence-electron chi connectivity index (χ1n) is 7.83. The number of amides is 1. The highest BCUT2D eigenvalue weighted by Crippen LogP contribution is 2.32. The molecule has 6 heteroatoms. The average Bonchev–Trinajstić information content (AvgIpc) is 2.96. The Bertz CT molecular complexity index is 812. The van der Waals surface area contributed by atoms with Crippen molar-refractivity contribution in [2.24, 2.45) is 0 Å². The number of nitrogens with zero attached hydrogens (tertiary/aromatic N) is 3. The average molecular weight is 374 g/mol. The zero-order valence-electron chi connectivity index (χ0n) is 12.6. The van der Waals surface area contributed by atoms with Crippen molar-refractivity contribution >= 4 is 33.9 Å². The number of halogens is 1. The number of fused-ring (bicyclic) bond motifs is 3. The summed E-state index contributed by atoms with van der Waals surface area (Å²) < 4.78 is 2.75. The summed E-state index contributed by atoms with van der Waals surface area (Å²) in [6.45, 7) is 1.34. The molecule has 118 valence electrons. The van der Waals surface area contributed by atoms with Gasteiger partial charge in [-0.05, 0) is 59.3 Å². The van der Waals surface area contributed by atoms with Crippen molar-refractivity contribution in [3.8, 4) is 0 Å². The smallest absolute Gasteiger partial charge is 0.276 e. The molecule has 0 atom stereocenters. The Labute approximate surface area is 142 Å². The third-order valence-corrected chi connectivity index (χ3v) is 5.52. The van der Waals surface area contributed by atoms with Crippen LogP contribution in [0.3, 0.4) is 0 Å². The largest absolute Gasteiger partial charge is 0.339 e. The molecule has 0 saturated carbocycles. The number of aryl methyl sites for hydroxylation is 1. The third-order valence-electron chi connectivity index (χ3n) is 4.70. The number of rotatable bonds is 2. The van der Waals surface area contributed by atoms with Crippen LogP contribution in [0.4, 0.5) is 5.82 Å². The van der Waals surface area contributed by atoms with Gasteiger partial charge in [-0.1, -0.05) is 0 Å². The summed E-state index contributed by atoms with van der Waals surface area (Å²) in [7, 11) is 0. The minimum atomic E-state index is -0.0399. The van der Waals surface area contributed by atoms with Gasteiger partial charge < -0.3 is 4.57 Å². The van der Waals surface area contributed by atoms with Crippen molar-refractivity contribution in [2.75, 3.05) is 11.4 Å². The van der Waals surface area contributed by atoms with Crippen LogP contribution in [0.5, 0.6) is 0 Å². The molecule has 1 amide bonds. The summed E-state index contributed by atoms with van der Waals surface area (Å²) in [5.41, 5.74) is 3.89. The van der Waals surface area contributed by atoms with Crippen molar-refractivity contribution < 1.29 is 9.59 Å². The standard InChI is InChI=1S/C17H16BrN3O2/c18-15-12(10-22)5-6-19-16(15)21-8-7-20-13-4-2-1-3-11(13)9-14(20)17(21)23/h5-6,9-10H,1-4,7-8H2. The zero-order valence-corrected chi connectivity index (χ0v) is 14.2. The maximum atomic E-state index is 12.9. The van der Waals surface area contributed by atoms with Gasteiger partial charge in [0.05, 0.1) is 4.47 Å². The first kappa shape index (κ1) is 14.6. The molecule has 1 aliphatic carbocycles. The van der Waals surface area contributed by atoms with Gasteiger partial charge in [0.25, 0.3) is 5.91 Å². The summed E-state index contributed by atoms with van der Waals surface area (Å²) in [4.78, 5) is 30.0. The maximum Gasteiger partial charge on any atom is 0.276 e. The zero-order chi connectivity index (χ0) is 16.0. The molecule has 4 rings (SSSR count). The minimum Gasteiger partial charge on any atom is -0.339 e. The van der Waals surface area contributed by atoms with E-state index in [1.807, 2.05) is 6.07 Å². The number of pyridine rings is 1. The lowest BCUT2D eigenvalue weighted by Crippen LogP contribution is -2.41. The second-order valence-corrected chi connectivity index (χ2v) is 6.77. The van der Waals surface area contributed by atoms with Crippen LogP contribution in [0.15, 0.2) is 22.8 Å². The molecule has 3 heterocycles. The summed E-state index contributed by atoms with van der Waals surface area (Å²) >= 11 is 3.41. The SMILES string of the molecule is O=Cc1ccnc(N2CCn3c(cc4c3CCCC4)C2=O)c1Br. The van der Waals surface area contributed by atoms with Crippen LogP contribution in [0, 0.1) is 0 Å². The van der Waals surface area contributed by atoms with E-state index in [4.69, 9.17) is 0 Å². The van der Waals surface area contributed by atoms with E-state index in [1.54, 1.807) is 17.2 Å². The van der Waals surface area contributed by atoms with Crippen molar-refractivity contribution in [3.63, 3.8) is 0 Å². The van der Waals surface area contributed by atoms with Crippen LogP contribution < -0.4 is 4.90 Å². The van der Waals surface area contributed by atoms with Crippen LogP contribution in [-0.2, 0) is 19.4 Å². The molecule has 0 fully saturated rings. The molecule has 0 radical (unpaired) electrons. The third kappa shape index (κ3) is 2.24. The number of carbonyl (C=O) groups is 2. The molecule has 0 saturated heterocycles. The van der Waals surface area contributed by atoms with Gasteiger partial charge in [-0.2, -0.15) is 0 Å². The lowest BCUT2D eigenvalue weighted by atomic mass is 9.98. The van der Waals surface area contributed by atoms with Crippen LogP contribution in [0.2, 0.25) is 0 Å². The second kappa shape index (κ2) is 5.60. The van der Waals surface area contributed by atoms with Gasteiger partial charge in [0.15, 0.2) is 12.1 Å². The quantitative estimate of drug-likeness (QED) is 0.760. The molecule has 23 heavy (non-hydrogen) atoms. The Hall–Kier alpha value is -1.95. The highest BCUT2D eigenvalue weighted by Gasteiger charge is 2.31. The van der Waals surface area contributed by atoms with E-state index in [1.165, 1.54) is 24.1 Å². The molecule has 0 aromatic carbocycles. The Kier molecular flexibility index (Phi) is 3.56. The number of carbonyl (C=O) groups excluding carboxylic acids is 2. The van der Waals surface area contributed by atoms with E-state index in [9.17, 15) is 9.59 Å². The molecular weight excluding hydrogens is 358 g/mol. The topological polar surface area (TPSA) is 55.2 Å². The number of anilines is 1. The number of hydrogen-bond acceptors (Lipinski definition) is 3. The van der Waals surface area contributed by atoms with E-state index >= 15 is 0 Å². The first-order valence-corrected chi connectivity index (χ1v) is 8.63. The fraction of sp³-hybridized carbons (Fsp3) is 0.353. The minimum absolute atomic E-state index is 0.0399. The fourth-order valence-corrected chi connectivity index (χ4v) is 4.11. The van der Waals surface area contributed by atoms with Crippen LogP contribution >= 0.6 is 15.9 Å². The molecule has 5 nitrogen and oxygen atoms in total. The van der Waals surface area contributed by atoms with Crippen molar-refractivity contribution in [1.29, 1.82) is 0 Å². The highest BCUT2D eigenvalue weighted by molar-refractivity contribution is 9.10. The van der Waals surface area contributed by atoms with Crippen molar-refractivity contribution in [2.45, 2.75) is 32.2 Å². The number of hydrogen-bond donors (Lipinski definition) is 0. The summed E-state index contributed by atoms with van der Waals surface area (Å²) in [5.74, 6) is 0.479. The van der Waals surface area contributed by atoms with Crippen LogP contribution in [0.25, 0.3) is 0 Å². The molecule has 0 bridgehead atoms. The van der Waals surface area contributed by atoms with E-state index in [0.717, 1.165) is 31.4 Å². The van der Waals surface area contributed by atoms with Gasteiger partial charge in [-0.25, -0.2) is 4.98 Å². The normalized spacial score (nSPS) is 16.9. The summed E-state index contributed by atoms with van der Waals surface area (Å²) in [6.07, 6.45) is 6.85. The van der Waals surface area contributed by atoms with Gasteiger partial charge in [0, 0.05) is 30.5 Å². The molecule has 2 aliphatic rings. The summed E-state index contributed by atoms with van der Waals surface area (Å²) in [5, 5.41) is 0. The van der Waals surface area contributed by atoms with Crippen molar-refractivity contribution in [1.82, 2.24) is 9.55 Å². The molecule has 0 N–H and O–H groups in total. The molecule has 1 aliphatic heterocycles. The van der Waals surface area contributed by atoms with E-state index in [0.29, 0.717) is 22.4 Å². The van der Waals surface area contributed by atoms with Crippen LogP contribution in [-0.4, -0.2) is 28.3 Å². The van der Waals surface area contributed by atoms with E-state index in [-0.39, 0.29) is 5.91 Å². The predicted octanol–water partition coefficient (Wildman–Crippen LogP) is 3.00. The van der Waals surface area contributed by atoms with Crippen LogP contribution in [0.1, 0.15) is 44.9 Å². The highest BCUT2D eigenvalue weighted by atomic mass is 79.9. The number of aromatic nitrogens is 2. The summed E-state index contributed by atoms with van der Waals surface area (Å²) in [6, 6.07) is 3.68. The van der Waals surface area contributed by atoms with Gasteiger partial charge in [0.1, 0.15) is 5.69 Å². The molecule has 2 aromatic rings. The van der Waals surface area contributed by atoms with Gasteiger partial charge in [-0.3, -0.25) is 14.5 Å². The van der Waals surface area contributed by atoms with Gasteiger partial charge in [-0.15, -0.1) is 0 Å². The van der Waals surface area contributed by atoms with Gasteiger partial charge in [0.2, 0.25) is 0 Å². The molecule has 2 aromatic heterocycles. The number of aldehydes is 1. The van der Waals surface area contributed by atoms with E-state index in [2.05, 4.69) is 25.5 Å². The maximum absolute atomic E-state index is 12.9. The molecule has 0 spiro atoms. The molecular formula is C17H16BrN3O2. The van der Waals surface area contributed by atoms with E-state index < -0.39 is 0 Å².